The number of nitrogens with zero attached hydrogens (tertiary/aromatic N) is 1. The van der Waals surface area contributed by atoms with Gasteiger partial charge in [0.1, 0.15) is 5.75 Å². The van der Waals surface area contributed by atoms with Crippen molar-refractivity contribution in [2.75, 3.05) is 0 Å². The monoisotopic (exact) mass is 207 g/mol. The number of aryl methyl sites for hydroxylation is 1. The molecule has 0 spiro atoms. The van der Waals surface area contributed by atoms with Crippen LogP contribution in [0.1, 0.15) is 37.5 Å². The second-order valence-corrected chi connectivity index (χ2v) is 4.73. The molecule has 82 valence electrons. The molecule has 0 unspecified atom stereocenters. The predicted molar refractivity (Wildman–Crippen MR) is 60.9 cm³/mol. The molecule has 0 bridgehead atoms. The second-order valence-electron chi connectivity index (χ2n) is 4.73. The molecule has 0 aliphatic carbocycles. The van der Waals surface area contributed by atoms with Crippen molar-refractivity contribution in [1.82, 2.24) is 0 Å². The van der Waals surface area contributed by atoms with Crippen molar-refractivity contribution in [3.05, 3.63) is 28.8 Å². The summed E-state index contributed by atoms with van der Waals surface area (Å²) in [6, 6.07) is 3.78. The van der Waals surface area contributed by atoms with Crippen molar-refractivity contribution in [2.24, 2.45) is 5.16 Å². The number of phenolic OH excluding ortho intramolecular Hbond substituents is 1. The van der Waals surface area contributed by atoms with E-state index in [1.165, 1.54) is 6.21 Å². The van der Waals surface area contributed by atoms with Crippen LogP contribution < -0.4 is 0 Å². The van der Waals surface area contributed by atoms with Crippen LogP contribution in [0.15, 0.2) is 17.3 Å². The minimum absolute atomic E-state index is 0.0104. The molecule has 0 aliphatic rings. The smallest absolute Gasteiger partial charge is 0.127 e. The Labute approximate surface area is 90.1 Å². The van der Waals surface area contributed by atoms with E-state index in [4.69, 9.17) is 5.21 Å². The molecule has 0 amide bonds. The van der Waals surface area contributed by atoms with Crippen molar-refractivity contribution in [3.8, 4) is 5.75 Å². The lowest BCUT2D eigenvalue weighted by Crippen LogP contribution is -2.12. The van der Waals surface area contributed by atoms with Gasteiger partial charge in [-0.15, -0.1) is 0 Å². The maximum absolute atomic E-state index is 9.72. The SMILES string of the molecule is Cc1cc(C(C)(C)C)cc(C=NO)c1O. The highest BCUT2D eigenvalue weighted by molar-refractivity contribution is 5.84. The predicted octanol–water partition coefficient (Wildman–Crippen LogP) is 2.81. The zero-order chi connectivity index (χ0) is 11.6. The number of phenols is 1. The van der Waals surface area contributed by atoms with Gasteiger partial charge in [-0.1, -0.05) is 32.0 Å². The number of hydrogen-bond acceptors (Lipinski definition) is 3. The van der Waals surface area contributed by atoms with Crippen LogP contribution in [0, 0.1) is 6.92 Å². The first-order valence-electron chi connectivity index (χ1n) is 4.88. The third-order valence-corrected chi connectivity index (χ3v) is 2.39. The average Bonchev–Trinajstić information content (AvgIpc) is 2.11. The van der Waals surface area contributed by atoms with Gasteiger partial charge in [0, 0.05) is 5.56 Å². The Morgan fingerprint density at radius 3 is 2.33 bits per heavy atom. The fraction of sp³-hybridized carbons (Fsp3) is 0.417. The molecule has 0 aromatic heterocycles. The van der Waals surface area contributed by atoms with Gasteiger partial charge in [-0.05, 0) is 29.5 Å². The lowest BCUT2D eigenvalue weighted by Gasteiger charge is -2.20. The summed E-state index contributed by atoms with van der Waals surface area (Å²) >= 11 is 0. The molecule has 0 heterocycles. The number of hydrogen-bond donors (Lipinski definition) is 2. The van der Waals surface area contributed by atoms with E-state index >= 15 is 0 Å². The van der Waals surface area contributed by atoms with E-state index in [9.17, 15) is 5.11 Å². The Morgan fingerprint density at radius 1 is 1.27 bits per heavy atom. The second kappa shape index (κ2) is 3.93. The molecule has 0 saturated heterocycles. The van der Waals surface area contributed by atoms with Crippen LogP contribution in [0.5, 0.6) is 5.75 Å². The largest absolute Gasteiger partial charge is 0.507 e. The van der Waals surface area contributed by atoms with Gasteiger partial charge in [-0.2, -0.15) is 0 Å². The topological polar surface area (TPSA) is 52.8 Å². The molecule has 1 aromatic rings. The molecular formula is C12H17NO2. The summed E-state index contributed by atoms with van der Waals surface area (Å²) in [6.45, 7) is 8.12. The number of oxime groups is 1. The molecule has 1 aromatic carbocycles. The molecule has 3 nitrogen and oxygen atoms in total. The van der Waals surface area contributed by atoms with E-state index in [0.29, 0.717) is 5.56 Å². The summed E-state index contributed by atoms with van der Waals surface area (Å²) in [5.41, 5.74) is 2.45. The van der Waals surface area contributed by atoms with Gasteiger partial charge in [0.15, 0.2) is 0 Å². The molecule has 0 saturated carbocycles. The third kappa shape index (κ3) is 2.49. The molecule has 0 atom stereocenters. The van der Waals surface area contributed by atoms with Gasteiger partial charge in [-0.25, -0.2) is 0 Å². The van der Waals surface area contributed by atoms with Crippen LogP contribution in [0.3, 0.4) is 0 Å². The highest BCUT2D eigenvalue weighted by Gasteiger charge is 2.16. The Kier molecular flexibility index (Phi) is 3.03. The molecule has 0 fully saturated rings. The summed E-state index contributed by atoms with van der Waals surface area (Å²) in [5, 5.41) is 21.1. The highest BCUT2D eigenvalue weighted by Crippen LogP contribution is 2.29. The van der Waals surface area contributed by atoms with Crippen molar-refractivity contribution >= 4 is 6.21 Å². The molecule has 0 radical (unpaired) electrons. The average molecular weight is 207 g/mol. The Morgan fingerprint density at radius 2 is 1.87 bits per heavy atom. The van der Waals surface area contributed by atoms with E-state index in [2.05, 4.69) is 25.9 Å². The van der Waals surface area contributed by atoms with Crippen LogP contribution in [-0.2, 0) is 5.41 Å². The first-order chi connectivity index (χ1) is 6.86. The Hall–Kier alpha value is -1.51. The van der Waals surface area contributed by atoms with Gasteiger partial charge in [0.25, 0.3) is 0 Å². The van der Waals surface area contributed by atoms with E-state index < -0.39 is 0 Å². The van der Waals surface area contributed by atoms with Gasteiger partial charge in [-0.3, -0.25) is 0 Å². The lowest BCUT2D eigenvalue weighted by atomic mass is 9.85. The maximum atomic E-state index is 9.72. The quantitative estimate of drug-likeness (QED) is 0.422. The van der Waals surface area contributed by atoms with Gasteiger partial charge in [0.2, 0.25) is 0 Å². The zero-order valence-electron chi connectivity index (χ0n) is 9.57. The van der Waals surface area contributed by atoms with E-state index in [0.717, 1.165) is 11.1 Å². The third-order valence-electron chi connectivity index (χ3n) is 2.39. The van der Waals surface area contributed by atoms with Crippen LogP contribution in [-0.4, -0.2) is 16.5 Å². The van der Waals surface area contributed by atoms with Gasteiger partial charge < -0.3 is 10.3 Å². The van der Waals surface area contributed by atoms with Crippen molar-refractivity contribution in [3.63, 3.8) is 0 Å². The van der Waals surface area contributed by atoms with E-state index in [-0.39, 0.29) is 11.2 Å². The molecule has 2 N–H and O–H groups in total. The summed E-state index contributed by atoms with van der Waals surface area (Å²) < 4.78 is 0. The van der Waals surface area contributed by atoms with Crippen molar-refractivity contribution in [2.45, 2.75) is 33.1 Å². The van der Waals surface area contributed by atoms with Crippen LogP contribution in [0.25, 0.3) is 0 Å². The highest BCUT2D eigenvalue weighted by atomic mass is 16.4. The fourth-order valence-electron chi connectivity index (χ4n) is 1.40. The van der Waals surface area contributed by atoms with E-state index in [1.807, 2.05) is 19.1 Å². The van der Waals surface area contributed by atoms with Crippen molar-refractivity contribution in [1.29, 1.82) is 0 Å². The summed E-state index contributed by atoms with van der Waals surface area (Å²) in [7, 11) is 0. The Balaban J connectivity index is 3.36. The van der Waals surface area contributed by atoms with Crippen molar-refractivity contribution < 1.29 is 10.3 Å². The maximum Gasteiger partial charge on any atom is 0.127 e. The minimum Gasteiger partial charge on any atom is -0.507 e. The van der Waals surface area contributed by atoms with E-state index in [1.54, 1.807) is 0 Å². The normalized spacial score (nSPS) is 12.3. The molecule has 1 rings (SSSR count). The van der Waals surface area contributed by atoms with Crippen LogP contribution in [0.2, 0.25) is 0 Å². The van der Waals surface area contributed by atoms with Crippen LogP contribution in [0.4, 0.5) is 0 Å². The van der Waals surface area contributed by atoms with Crippen LogP contribution >= 0.6 is 0 Å². The summed E-state index contributed by atoms with van der Waals surface area (Å²) in [6.07, 6.45) is 1.25. The summed E-state index contributed by atoms with van der Waals surface area (Å²) in [4.78, 5) is 0. The first-order valence-corrected chi connectivity index (χ1v) is 4.88. The number of aromatic hydroxyl groups is 1. The minimum atomic E-state index is 0.0104. The Bertz CT molecular complexity index is 389. The molecular weight excluding hydrogens is 190 g/mol. The number of benzene rings is 1. The zero-order valence-corrected chi connectivity index (χ0v) is 9.57. The fourth-order valence-corrected chi connectivity index (χ4v) is 1.40. The number of rotatable bonds is 1. The molecule has 0 aliphatic heterocycles. The standard InChI is InChI=1S/C12H17NO2/c1-8-5-10(12(2,3)4)6-9(7-13-15)11(8)14/h5-7,14-15H,1-4H3. The summed E-state index contributed by atoms with van der Waals surface area (Å²) in [5.74, 6) is 0.167. The lowest BCUT2D eigenvalue weighted by molar-refractivity contribution is 0.321. The molecule has 3 heteroatoms. The molecule has 15 heavy (non-hydrogen) atoms. The van der Waals surface area contributed by atoms with Gasteiger partial charge >= 0.3 is 0 Å². The first kappa shape index (κ1) is 11.6. The van der Waals surface area contributed by atoms with Gasteiger partial charge in [0.05, 0.1) is 6.21 Å².